The van der Waals surface area contributed by atoms with Gasteiger partial charge in [-0.05, 0) is 68.5 Å². The van der Waals surface area contributed by atoms with E-state index in [1.165, 1.54) is 5.57 Å². The topological polar surface area (TPSA) is 45.2 Å². The number of nitrogens with zero attached hydrogens (tertiary/aromatic N) is 3. The van der Waals surface area contributed by atoms with Gasteiger partial charge in [0, 0.05) is 31.4 Å². The van der Waals surface area contributed by atoms with Crippen molar-refractivity contribution in [2.45, 2.75) is 31.6 Å². The molecule has 3 aliphatic rings. The maximum Gasteiger partial charge on any atom is 0.252 e. The minimum Gasteiger partial charge on any atom is -0.493 e. The zero-order valence-corrected chi connectivity index (χ0v) is 20.0. The van der Waals surface area contributed by atoms with Gasteiger partial charge >= 0.3 is 0 Å². The number of carbonyl (C=O) groups excluding carboxylic acids is 1. The van der Waals surface area contributed by atoms with Gasteiger partial charge in [-0.2, -0.15) is 0 Å². The number of methoxy groups -OCH3 is 2. The number of amides is 1. The third kappa shape index (κ3) is 4.37. The van der Waals surface area contributed by atoms with Crippen molar-refractivity contribution >= 4 is 19.8 Å². The summed E-state index contributed by atoms with van der Waals surface area (Å²) in [5.74, 6) is 1.50. The molecule has 166 valence electrons. The fourth-order valence-corrected chi connectivity index (χ4v) is 6.01. The van der Waals surface area contributed by atoms with Gasteiger partial charge in [0.1, 0.15) is 0 Å². The van der Waals surface area contributed by atoms with Crippen molar-refractivity contribution < 1.29 is 14.3 Å². The molecule has 1 saturated heterocycles. The van der Waals surface area contributed by atoms with Crippen LogP contribution in [0.25, 0.3) is 5.31 Å². The number of rotatable bonds is 5. The Morgan fingerprint density at radius 2 is 1.77 bits per heavy atom. The van der Waals surface area contributed by atoms with Crippen LogP contribution >= 0.6 is 8.58 Å². The molecule has 2 atom stereocenters. The van der Waals surface area contributed by atoms with Crippen molar-refractivity contribution in [2.24, 2.45) is 0 Å². The quantitative estimate of drug-likeness (QED) is 0.652. The molecule has 0 aromatic heterocycles. The van der Waals surface area contributed by atoms with Gasteiger partial charge in [-0.25, -0.2) is 0 Å². The molecule has 7 heteroatoms. The van der Waals surface area contributed by atoms with E-state index in [1.54, 1.807) is 20.3 Å². The molecule has 0 spiro atoms. The molecule has 0 saturated carbocycles. The third-order valence-corrected chi connectivity index (χ3v) is 8.18. The number of piperidine rings is 1. The molecule has 0 bridgehead atoms. The molecule has 0 radical (unpaired) electrons. The number of carbonyl (C=O) groups is 1. The molecule has 1 fully saturated rings. The van der Waals surface area contributed by atoms with E-state index in [0.29, 0.717) is 26.1 Å². The molecule has 0 aliphatic carbocycles. The van der Waals surface area contributed by atoms with Crippen molar-refractivity contribution in [1.82, 2.24) is 14.7 Å². The molecule has 31 heavy (non-hydrogen) atoms. The van der Waals surface area contributed by atoms with Crippen LogP contribution in [0, 0.1) is 0 Å². The van der Waals surface area contributed by atoms with Crippen molar-refractivity contribution in [1.29, 1.82) is 0 Å². The summed E-state index contributed by atoms with van der Waals surface area (Å²) in [7, 11) is 8.06. The highest BCUT2D eigenvalue weighted by molar-refractivity contribution is 7.51. The lowest BCUT2D eigenvalue weighted by atomic mass is 10.0. The van der Waals surface area contributed by atoms with Crippen LogP contribution in [0.2, 0.25) is 0 Å². The van der Waals surface area contributed by atoms with Crippen LogP contribution < -0.4 is 9.47 Å². The fraction of sp³-hybridized carbons (Fsp3) is 0.458. The number of fused-ring (bicyclic) bond motifs is 1. The summed E-state index contributed by atoms with van der Waals surface area (Å²) in [5, 5.41) is 1.06. The second-order valence-corrected chi connectivity index (χ2v) is 9.92. The summed E-state index contributed by atoms with van der Waals surface area (Å²) in [6.45, 7) is 4.20. The SMILES string of the molecule is COc1ccc(C2=CC(=O)N3C=C(N4CCC(N(C)C)CC4)C=C(C)C3P2)cc1OC. The maximum atomic E-state index is 13.1. The Morgan fingerprint density at radius 3 is 2.42 bits per heavy atom. The highest BCUT2D eigenvalue weighted by Gasteiger charge is 2.33. The van der Waals surface area contributed by atoms with Crippen LogP contribution in [0.5, 0.6) is 11.5 Å². The van der Waals surface area contributed by atoms with Crippen LogP contribution in [0.3, 0.4) is 0 Å². The van der Waals surface area contributed by atoms with Crippen molar-refractivity contribution in [2.75, 3.05) is 41.4 Å². The summed E-state index contributed by atoms with van der Waals surface area (Å²) in [6.07, 6.45) is 8.42. The van der Waals surface area contributed by atoms with Gasteiger partial charge in [0.05, 0.1) is 25.7 Å². The molecule has 3 aliphatic heterocycles. The second kappa shape index (κ2) is 9.05. The van der Waals surface area contributed by atoms with E-state index in [2.05, 4.69) is 43.1 Å². The van der Waals surface area contributed by atoms with E-state index in [-0.39, 0.29) is 11.7 Å². The standard InChI is InChI=1S/C24H32N3O3P/c1-16-12-19(26-10-8-18(9-11-26)25(2)3)15-27-23(28)14-22(31-24(16)27)17-6-7-20(29-4)21(13-17)30-5/h6-7,12-15,18,24,31H,8-11H2,1-5H3. The summed E-state index contributed by atoms with van der Waals surface area (Å²) < 4.78 is 10.8. The number of ether oxygens (including phenoxy) is 2. The fourth-order valence-electron chi connectivity index (χ4n) is 4.53. The first-order chi connectivity index (χ1) is 14.9. The average Bonchev–Trinajstić information content (AvgIpc) is 2.79. The smallest absolute Gasteiger partial charge is 0.252 e. The Kier molecular flexibility index (Phi) is 6.40. The molecule has 2 unspecified atom stereocenters. The van der Waals surface area contributed by atoms with Crippen LogP contribution in [-0.2, 0) is 4.79 Å². The molecule has 3 heterocycles. The van der Waals surface area contributed by atoms with Gasteiger partial charge in [0.25, 0.3) is 5.91 Å². The number of hydrogen-bond acceptors (Lipinski definition) is 5. The van der Waals surface area contributed by atoms with Gasteiger partial charge in [-0.1, -0.05) is 14.6 Å². The Labute approximate surface area is 186 Å². The van der Waals surface area contributed by atoms with Crippen LogP contribution in [0.15, 0.2) is 47.8 Å². The highest BCUT2D eigenvalue weighted by atomic mass is 31.1. The first-order valence-corrected chi connectivity index (χ1v) is 11.8. The maximum absolute atomic E-state index is 13.1. The summed E-state index contributed by atoms with van der Waals surface area (Å²) >= 11 is 0. The largest absolute Gasteiger partial charge is 0.493 e. The van der Waals surface area contributed by atoms with Crippen molar-refractivity contribution in [3.8, 4) is 11.5 Å². The van der Waals surface area contributed by atoms with E-state index in [1.807, 2.05) is 23.1 Å². The van der Waals surface area contributed by atoms with Crippen LogP contribution in [0.1, 0.15) is 25.3 Å². The highest BCUT2D eigenvalue weighted by Crippen LogP contribution is 2.48. The second-order valence-electron chi connectivity index (χ2n) is 8.54. The Morgan fingerprint density at radius 1 is 1.06 bits per heavy atom. The first-order valence-electron chi connectivity index (χ1n) is 10.8. The molecule has 4 rings (SSSR count). The average molecular weight is 442 g/mol. The molecular weight excluding hydrogens is 409 g/mol. The lowest BCUT2D eigenvalue weighted by Crippen LogP contribution is -2.44. The van der Waals surface area contributed by atoms with Gasteiger partial charge in [0.15, 0.2) is 11.5 Å². The molecule has 1 amide bonds. The Balaban J connectivity index is 1.55. The van der Waals surface area contributed by atoms with Crippen LogP contribution in [-0.4, -0.2) is 73.8 Å². The van der Waals surface area contributed by atoms with E-state index >= 15 is 0 Å². The van der Waals surface area contributed by atoms with E-state index < -0.39 is 0 Å². The first kappa shape index (κ1) is 21.9. The van der Waals surface area contributed by atoms with E-state index in [0.717, 1.165) is 42.5 Å². The van der Waals surface area contributed by atoms with Gasteiger partial charge in [-0.15, -0.1) is 0 Å². The monoisotopic (exact) mass is 441 g/mol. The summed E-state index contributed by atoms with van der Waals surface area (Å²) in [5.41, 5.74) is 3.41. The van der Waals surface area contributed by atoms with Crippen molar-refractivity contribution in [3.63, 3.8) is 0 Å². The normalized spacial score (nSPS) is 22.8. The predicted octanol–water partition coefficient (Wildman–Crippen LogP) is 3.72. The lowest BCUT2D eigenvalue weighted by Gasteiger charge is -2.41. The van der Waals surface area contributed by atoms with E-state index in [9.17, 15) is 4.79 Å². The minimum absolute atomic E-state index is 0.0432. The zero-order valence-electron chi connectivity index (χ0n) is 19.0. The van der Waals surface area contributed by atoms with E-state index in [4.69, 9.17) is 9.47 Å². The van der Waals surface area contributed by atoms with Gasteiger partial charge in [-0.3, -0.25) is 4.79 Å². The van der Waals surface area contributed by atoms with Gasteiger partial charge in [0.2, 0.25) is 0 Å². The molecular formula is C24H32N3O3P. The number of likely N-dealkylation sites (tertiary alicyclic amines) is 1. The Bertz CT molecular complexity index is 945. The lowest BCUT2D eigenvalue weighted by molar-refractivity contribution is -0.124. The third-order valence-electron chi connectivity index (χ3n) is 6.43. The summed E-state index contributed by atoms with van der Waals surface area (Å²) in [4.78, 5) is 19.8. The number of benzene rings is 1. The minimum atomic E-state index is 0.0432. The molecule has 6 nitrogen and oxygen atoms in total. The molecule has 1 aromatic rings. The molecule has 0 N–H and O–H groups in total. The Hall–Kier alpha value is -2.30. The van der Waals surface area contributed by atoms with Crippen molar-refractivity contribution in [3.05, 3.63) is 53.4 Å². The number of allylic oxidation sites excluding steroid dienone is 1. The van der Waals surface area contributed by atoms with Gasteiger partial charge < -0.3 is 24.2 Å². The van der Waals surface area contributed by atoms with Crippen LogP contribution in [0.4, 0.5) is 0 Å². The number of hydrogen-bond donors (Lipinski definition) is 0. The predicted molar refractivity (Wildman–Crippen MR) is 127 cm³/mol. The zero-order chi connectivity index (χ0) is 22.1. The summed E-state index contributed by atoms with van der Waals surface area (Å²) in [6, 6.07) is 6.50. The molecule has 1 aromatic carbocycles.